The molecule has 0 fully saturated rings. The lowest BCUT2D eigenvalue weighted by Crippen LogP contribution is -2.28. The van der Waals surface area contributed by atoms with Crippen molar-refractivity contribution in [3.63, 3.8) is 0 Å². The maximum Gasteiger partial charge on any atom is 0.161 e. The fourth-order valence-corrected chi connectivity index (χ4v) is 9.97. The van der Waals surface area contributed by atoms with E-state index in [-0.39, 0.29) is 0 Å². The molecule has 0 atom stereocenters. The molecule has 56 heavy (non-hydrogen) atoms. The molecule has 2 nitrogen and oxygen atoms in total. The number of hydrogen-bond acceptors (Lipinski definition) is 3. The minimum absolute atomic E-state index is 0.539. The van der Waals surface area contributed by atoms with Gasteiger partial charge in [0.15, 0.2) is 5.82 Å². The lowest BCUT2D eigenvalue weighted by Gasteiger charge is -2.34. The average Bonchev–Trinajstić information content (AvgIpc) is 3.80. The highest BCUT2D eigenvalue weighted by Gasteiger charge is 2.46. The van der Waals surface area contributed by atoms with Gasteiger partial charge in [-0.15, -0.1) is 11.3 Å². The summed E-state index contributed by atoms with van der Waals surface area (Å²) in [5, 5.41) is 2.54. The first-order chi connectivity index (χ1) is 27.8. The van der Waals surface area contributed by atoms with Crippen molar-refractivity contribution in [1.82, 2.24) is 9.97 Å². The molecule has 1 aliphatic carbocycles. The van der Waals surface area contributed by atoms with Crippen LogP contribution in [0.1, 0.15) is 22.3 Å². The smallest absolute Gasteiger partial charge is 0.161 e. The molecule has 0 N–H and O–H groups in total. The molecule has 262 valence electrons. The lowest BCUT2D eigenvalue weighted by molar-refractivity contribution is 0.769. The van der Waals surface area contributed by atoms with E-state index in [2.05, 4.69) is 206 Å². The van der Waals surface area contributed by atoms with Crippen molar-refractivity contribution in [3.8, 4) is 56.2 Å². The second-order valence-electron chi connectivity index (χ2n) is 14.5. The van der Waals surface area contributed by atoms with Crippen LogP contribution in [-0.4, -0.2) is 9.97 Å². The van der Waals surface area contributed by atoms with Gasteiger partial charge in [-0.2, -0.15) is 0 Å². The first-order valence-electron chi connectivity index (χ1n) is 19.1. The average molecular weight is 731 g/mol. The van der Waals surface area contributed by atoms with E-state index in [9.17, 15) is 0 Å². The molecule has 10 aromatic rings. The van der Waals surface area contributed by atoms with Crippen LogP contribution in [0.2, 0.25) is 0 Å². The van der Waals surface area contributed by atoms with Crippen molar-refractivity contribution in [3.05, 3.63) is 229 Å². The second-order valence-corrected chi connectivity index (χ2v) is 15.6. The van der Waals surface area contributed by atoms with E-state index in [0.29, 0.717) is 5.82 Å². The molecule has 2 heterocycles. The van der Waals surface area contributed by atoms with E-state index in [0.717, 1.165) is 39.2 Å². The number of aromatic nitrogens is 2. The third-order valence-electron chi connectivity index (χ3n) is 11.4. The van der Waals surface area contributed by atoms with Crippen LogP contribution in [0.4, 0.5) is 0 Å². The quantitative estimate of drug-likeness (QED) is 0.170. The highest BCUT2D eigenvalue weighted by atomic mass is 32.1. The molecule has 0 amide bonds. The number of benzene rings is 8. The van der Waals surface area contributed by atoms with Crippen molar-refractivity contribution in [2.24, 2.45) is 0 Å². The molecule has 0 aliphatic heterocycles. The number of nitrogens with zero attached hydrogens (tertiary/aromatic N) is 2. The molecule has 2 aromatic heterocycles. The summed E-state index contributed by atoms with van der Waals surface area (Å²) < 4.78 is 2.57. The maximum absolute atomic E-state index is 5.41. The Bertz CT molecular complexity index is 2960. The SMILES string of the molecule is c1ccc(-c2cc(-c3ccccc3)nc(-c3cc4c(cc3-c3ccc5sc6ccccc6c5c3)C(c3ccccc3)(c3ccccc3)c3ccccc3-4)n2)cc1. The molecular formula is C53H34N2S. The Balaban J connectivity index is 1.27. The molecular weight excluding hydrogens is 697 g/mol. The van der Waals surface area contributed by atoms with E-state index >= 15 is 0 Å². The van der Waals surface area contributed by atoms with Gasteiger partial charge in [-0.05, 0) is 80.9 Å². The maximum atomic E-state index is 5.41. The Labute approximate surface area is 330 Å². The second kappa shape index (κ2) is 13.1. The summed E-state index contributed by atoms with van der Waals surface area (Å²) >= 11 is 1.85. The summed E-state index contributed by atoms with van der Waals surface area (Å²) in [6.45, 7) is 0. The molecule has 0 unspecified atom stereocenters. The van der Waals surface area contributed by atoms with E-state index in [1.165, 1.54) is 53.6 Å². The van der Waals surface area contributed by atoms with Crippen molar-refractivity contribution >= 4 is 31.5 Å². The van der Waals surface area contributed by atoms with Gasteiger partial charge in [-0.25, -0.2) is 9.97 Å². The van der Waals surface area contributed by atoms with Crippen LogP contribution in [-0.2, 0) is 5.41 Å². The zero-order chi connectivity index (χ0) is 37.1. The van der Waals surface area contributed by atoms with Crippen molar-refractivity contribution in [2.45, 2.75) is 5.41 Å². The Morgan fingerprint density at radius 2 is 0.893 bits per heavy atom. The highest BCUT2D eigenvalue weighted by molar-refractivity contribution is 7.25. The zero-order valence-corrected chi connectivity index (χ0v) is 31.2. The van der Waals surface area contributed by atoms with Crippen LogP contribution < -0.4 is 0 Å². The summed E-state index contributed by atoms with van der Waals surface area (Å²) in [5.41, 5.74) is 14.0. The van der Waals surface area contributed by atoms with Gasteiger partial charge < -0.3 is 0 Å². The first kappa shape index (κ1) is 32.5. The van der Waals surface area contributed by atoms with Gasteiger partial charge >= 0.3 is 0 Å². The van der Waals surface area contributed by atoms with Crippen molar-refractivity contribution in [1.29, 1.82) is 0 Å². The fraction of sp³-hybridized carbons (Fsp3) is 0.0189. The van der Waals surface area contributed by atoms with Crippen LogP contribution >= 0.6 is 11.3 Å². The van der Waals surface area contributed by atoms with Gasteiger partial charge in [0.2, 0.25) is 0 Å². The molecule has 0 radical (unpaired) electrons. The van der Waals surface area contributed by atoms with Crippen LogP contribution in [0.3, 0.4) is 0 Å². The van der Waals surface area contributed by atoms with Gasteiger partial charge in [0.05, 0.1) is 16.8 Å². The van der Waals surface area contributed by atoms with Gasteiger partial charge in [0.25, 0.3) is 0 Å². The lowest BCUT2D eigenvalue weighted by atomic mass is 9.67. The van der Waals surface area contributed by atoms with Crippen LogP contribution in [0.15, 0.2) is 206 Å². The predicted molar refractivity (Wildman–Crippen MR) is 234 cm³/mol. The minimum atomic E-state index is -0.539. The normalized spacial score (nSPS) is 12.8. The van der Waals surface area contributed by atoms with E-state index in [1.807, 2.05) is 11.3 Å². The number of rotatable bonds is 6. The largest absolute Gasteiger partial charge is 0.228 e. The van der Waals surface area contributed by atoms with Crippen molar-refractivity contribution in [2.75, 3.05) is 0 Å². The molecule has 0 spiro atoms. The van der Waals surface area contributed by atoms with E-state index < -0.39 is 5.41 Å². The molecule has 0 saturated heterocycles. The molecule has 8 aromatic carbocycles. The van der Waals surface area contributed by atoms with Gasteiger partial charge in [-0.1, -0.05) is 170 Å². The Kier molecular flexibility index (Phi) is 7.61. The number of fused-ring (bicyclic) bond motifs is 6. The summed E-state index contributed by atoms with van der Waals surface area (Å²) in [5.74, 6) is 0.702. The van der Waals surface area contributed by atoms with Gasteiger partial charge in [0, 0.05) is 36.9 Å². The standard InChI is InChI=1S/C53H34N2S/c1-5-17-35(18-6-1)48-34-49(36-19-7-2-8-20-36)55-52(54-48)45-32-43-40-25-13-15-27-46(40)53(38-21-9-3-10-22-38,39-23-11-4-12-24-39)47(43)33-42(45)37-29-30-51-44(31-37)41-26-14-16-28-50(41)56-51/h1-34H. The van der Waals surface area contributed by atoms with Crippen LogP contribution in [0.5, 0.6) is 0 Å². The first-order valence-corrected chi connectivity index (χ1v) is 19.9. The number of hydrogen-bond donors (Lipinski definition) is 0. The molecule has 0 bridgehead atoms. The Morgan fingerprint density at radius 1 is 0.339 bits per heavy atom. The Morgan fingerprint density at radius 3 is 1.55 bits per heavy atom. The van der Waals surface area contributed by atoms with E-state index in [4.69, 9.17) is 9.97 Å². The summed E-state index contributed by atoms with van der Waals surface area (Å²) in [6, 6.07) is 74.6. The van der Waals surface area contributed by atoms with Crippen molar-refractivity contribution < 1.29 is 0 Å². The third kappa shape index (κ3) is 5.09. The summed E-state index contributed by atoms with van der Waals surface area (Å²) in [4.78, 5) is 10.8. The number of thiophene rings is 1. The minimum Gasteiger partial charge on any atom is -0.228 e. The molecule has 0 saturated carbocycles. The Hall–Kier alpha value is -6.94. The molecule has 3 heteroatoms. The molecule has 1 aliphatic rings. The van der Waals surface area contributed by atoms with Gasteiger partial charge in [-0.3, -0.25) is 0 Å². The predicted octanol–water partition coefficient (Wildman–Crippen LogP) is 13.9. The third-order valence-corrected chi connectivity index (χ3v) is 12.5. The highest BCUT2D eigenvalue weighted by Crippen LogP contribution is 2.58. The topological polar surface area (TPSA) is 25.8 Å². The van der Waals surface area contributed by atoms with Crippen LogP contribution in [0.25, 0.3) is 76.3 Å². The monoisotopic (exact) mass is 730 g/mol. The summed E-state index contributed by atoms with van der Waals surface area (Å²) in [7, 11) is 0. The fourth-order valence-electron chi connectivity index (χ4n) is 8.89. The van der Waals surface area contributed by atoms with E-state index in [1.54, 1.807) is 0 Å². The molecule has 11 rings (SSSR count). The zero-order valence-electron chi connectivity index (χ0n) is 30.4. The van der Waals surface area contributed by atoms with Crippen LogP contribution in [0, 0.1) is 0 Å². The van der Waals surface area contributed by atoms with Gasteiger partial charge in [0.1, 0.15) is 0 Å². The summed E-state index contributed by atoms with van der Waals surface area (Å²) in [6.07, 6.45) is 0.